The van der Waals surface area contributed by atoms with Crippen molar-refractivity contribution in [2.45, 2.75) is 32.7 Å². The lowest BCUT2D eigenvalue weighted by atomic mass is 10.1. The molecule has 0 saturated heterocycles. The van der Waals surface area contributed by atoms with Gasteiger partial charge in [-0.25, -0.2) is 4.68 Å². The number of nitrogens with zero attached hydrogens (tertiary/aromatic N) is 3. The fraction of sp³-hybridized carbons (Fsp3) is 0.444. The first-order chi connectivity index (χ1) is 11.1. The summed E-state index contributed by atoms with van der Waals surface area (Å²) < 4.78 is 1.93. The van der Waals surface area contributed by atoms with E-state index in [1.54, 1.807) is 7.05 Å². The molecule has 122 valence electrons. The van der Waals surface area contributed by atoms with Gasteiger partial charge >= 0.3 is 0 Å². The van der Waals surface area contributed by atoms with Gasteiger partial charge < -0.3 is 10.2 Å². The third kappa shape index (κ3) is 3.29. The zero-order valence-electron chi connectivity index (χ0n) is 14.0. The SMILES string of the molecule is CNC(=O)c1ccc(-n2cc3c(n2)CCN(C(C)C)CC3)cc1. The third-order valence-corrected chi connectivity index (χ3v) is 4.53. The predicted octanol–water partition coefficient (Wildman–Crippen LogP) is 2.04. The molecule has 1 aliphatic rings. The van der Waals surface area contributed by atoms with Crippen molar-refractivity contribution < 1.29 is 4.79 Å². The topological polar surface area (TPSA) is 50.2 Å². The summed E-state index contributed by atoms with van der Waals surface area (Å²) in [5.41, 5.74) is 4.19. The molecule has 0 spiro atoms. The van der Waals surface area contributed by atoms with Crippen molar-refractivity contribution in [3.63, 3.8) is 0 Å². The summed E-state index contributed by atoms with van der Waals surface area (Å²) in [6, 6.07) is 8.14. The minimum absolute atomic E-state index is 0.0680. The first-order valence-electron chi connectivity index (χ1n) is 8.22. The highest BCUT2D eigenvalue weighted by atomic mass is 16.1. The molecule has 1 N–H and O–H groups in total. The molecule has 1 aromatic carbocycles. The van der Waals surface area contributed by atoms with Crippen molar-refractivity contribution in [1.82, 2.24) is 20.0 Å². The molecule has 0 fully saturated rings. The van der Waals surface area contributed by atoms with Gasteiger partial charge in [0.25, 0.3) is 5.91 Å². The summed E-state index contributed by atoms with van der Waals surface area (Å²) in [7, 11) is 1.64. The summed E-state index contributed by atoms with van der Waals surface area (Å²) in [6.45, 7) is 6.65. The Morgan fingerprint density at radius 1 is 1.17 bits per heavy atom. The van der Waals surface area contributed by atoms with Crippen LogP contribution in [0.2, 0.25) is 0 Å². The van der Waals surface area contributed by atoms with Gasteiger partial charge in [0.05, 0.1) is 11.4 Å². The van der Waals surface area contributed by atoms with E-state index in [-0.39, 0.29) is 5.91 Å². The summed E-state index contributed by atoms with van der Waals surface area (Å²) in [4.78, 5) is 14.1. The Kier molecular flexibility index (Phi) is 4.48. The van der Waals surface area contributed by atoms with Crippen LogP contribution in [0.25, 0.3) is 5.69 Å². The molecule has 0 radical (unpaired) electrons. The van der Waals surface area contributed by atoms with Gasteiger partial charge in [0.1, 0.15) is 0 Å². The van der Waals surface area contributed by atoms with Crippen LogP contribution in [-0.2, 0) is 12.8 Å². The zero-order chi connectivity index (χ0) is 16.4. The normalized spacial score (nSPS) is 15.3. The van der Waals surface area contributed by atoms with E-state index in [1.165, 1.54) is 11.3 Å². The van der Waals surface area contributed by atoms with Crippen molar-refractivity contribution in [2.24, 2.45) is 0 Å². The molecule has 0 aliphatic carbocycles. The lowest BCUT2D eigenvalue weighted by Gasteiger charge is -2.23. The average molecular weight is 312 g/mol. The van der Waals surface area contributed by atoms with Gasteiger partial charge in [-0.15, -0.1) is 0 Å². The van der Waals surface area contributed by atoms with E-state index in [4.69, 9.17) is 5.10 Å². The molecular weight excluding hydrogens is 288 g/mol. The van der Waals surface area contributed by atoms with Gasteiger partial charge in [-0.05, 0) is 50.1 Å². The Morgan fingerprint density at radius 3 is 2.52 bits per heavy atom. The molecule has 0 saturated carbocycles. The average Bonchev–Trinajstić information content (AvgIpc) is 2.87. The third-order valence-electron chi connectivity index (χ3n) is 4.53. The maximum Gasteiger partial charge on any atom is 0.251 e. The Morgan fingerprint density at radius 2 is 1.87 bits per heavy atom. The fourth-order valence-corrected chi connectivity index (χ4v) is 3.05. The minimum Gasteiger partial charge on any atom is -0.355 e. The molecular formula is C18H24N4O. The van der Waals surface area contributed by atoms with E-state index >= 15 is 0 Å². The number of amides is 1. The van der Waals surface area contributed by atoms with Crippen LogP contribution in [0.1, 0.15) is 35.5 Å². The Hall–Kier alpha value is -2.14. The molecule has 0 unspecified atom stereocenters. The van der Waals surface area contributed by atoms with Crippen molar-refractivity contribution >= 4 is 5.91 Å². The number of carbonyl (C=O) groups excluding carboxylic acids is 1. The van der Waals surface area contributed by atoms with Crippen LogP contribution in [0.4, 0.5) is 0 Å². The molecule has 23 heavy (non-hydrogen) atoms. The van der Waals surface area contributed by atoms with Gasteiger partial charge in [0, 0.05) is 44.4 Å². The number of fused-ring (bicyclic) bond motifs is 1. The van der Waals surface area contributed by atoms with Crippen molar-refractivity contribution in [2.75, 3.05) is 20.1 Å². The monoisotopic (exact) mass is 312 g/mol. The van der Waals surface area contributed by atoms with Crippen LogP contribution in [0.3, 0.4) is 0 Å². The molecule has 1 amide bonds. The first kappa shape index (κ1) is 15.7. The van der Waals surface area contributed by atoms with E-state index in [1.807, 2.05) is 28.9 Å². The maximum atomic E-state index is 11.6. The number of carbonyl (C=O) groups is 1. The summed E-state index contributed by atoms with van der Waals surface area (Å²) in [5.74, 6) is -0.0680. The molecule has 5 heteroatoms. The van der Waals surface area contributed by atoms with E-state index in [2.05, 4.69) is 30.3 Å². The highest BCUT2D eigenvalue weighted by molar-refractivity contribution is 5.94. The van der Waals surface area contributed by atoms with Gasteiger partial charge in [-0.1, -0.05) is 0 Å². The molecule has 1 aliphatic heterocycles. The minimum atomic E-state index is -0.0680. The van der Waals surface area contributed by atoms with E-state index < -0.39 is 0 Å². The van der Waals surface area contributed by atoms with Crippen molar-refractivity contribution in [1.29, 1.82) is 0 Å². The van der Waals surface area contributed by atoms with Crippen LogP contribution < -0.4 is 5.32 Å². The second kappa shape index (κ2) is 6.54. The number of aromatic nitrogens is 2. The number of hydrogen-bond donors (Lipinski definition) is 1. The van der Waals surface area contributed by atoms with E-state index in [0.29, 0.717) is 11.6 Å². The summed E-state index contributed by atoms with van der Waals surface area (Å²) in [5, 5.41) is 7.39. The largest absolute Gasteiger partial charge is 0.355 e. The molecule has 2 aromatic rings. The Bertz CT molecular complexity index is 662. The lowest BCUT2D eigenvalue weighted by Crippen LogP contribution is -2.33. The van der Waals surface area contributed by atoms with Crippen LogP contribution in [0.15, 0.2) is 30.5 Å². The highest BCUT2D eigenvalue weighted by Crippen LogP contribution is 2.18. The standard InChI is InChI=1S/C18H24N4O/c1-13(2)21-10-8-15-12-22(20-17(15)9-11-21)16-6-4-14(5-7-16)18(23)19-3/h4-7,12-13H,8-11H2,1-3H3,(H,19,23). The smallest absolute Gasteiger partial charge is 0.251 e. The molecule has 3 rings (SSSR count). The van der Waals surface area contributed by atoms with Crippen molar-refractivity contribution in [3.05, 3.63) is 47.3 Å². The highest BCUT2D eigenvalue weighted by Gasteiger charge is 2.19. The number of rotatable bonds is 3. The number of hydrogen-bond acceptors (Lipinski definition) is 3. The van der Waals surface area contributed by atoms with Crippen LogP contribution >= 0.6 is 0 Å². The fourth-order valence-electron chi connectivity index (χ4n) is 3.05. The molecule has 0 bridgehead atoms. The second-order valence-corrected chi connectivity index (χ2v) is 6.30. The summed E-state index contributed by atoms with van der Waals surface area (Å²) in [6.07, 6.45) is 4.18. The predicted molar refractivity (Wildman–Crippen MR) is 91.1 cm³/mol. The summed E-state index contributed by atoms with van der Waals surface area (Å²) >= 11 is 0. The van der Waals surface area contributed by atoms with Gasteiger partial charge in [-0.3, -0.25) is 4.79 Å². The molecule has 5 nitrogen and oxygen atoms in total. The molecule has 0 atom stereocenters. The van der Waals surface area contributed by atoms with Gasteiger partial charge in [-0.2, -0.15) is 5.10 Å². The first-order valence-corrected chi connectivity index (χ1v) is 8.22. The zero-order valence-corrected chi connectivity index (χ0v) is 14.0. The number of benzene rings is 1. The Balaban J connectivity index is 1.79. The van der Waals surface area contributed by atoms with Crippen LogP contribution in [0.5, 0.6) is 0 Å². The second-order valence-electron chi connectivity index (χ2n) is 6.30. The Labute approximate surface area is 137 Å². The van der Waals surface area contributed by atoms with Crippen LogP contribution in [0, 0.1) is 0 Å². The lowest BCUT2D eigenvalue weighted by molar-refractivity contribution is 0.0963. The van der Waals surface area contributed by atoms with Gasteiger partial charge in [0.2, 0.25) is 0 Å². The number of nitrogens with one attached hydrogen (secondary N) is 1. The van der Waals surface area contributed by atoms with E-state index in [9.17, 15) is 4.79 Å². The molecule has 2 heterocycles. The van der Waals surface area contributed by atoms with Crippen LogP contribution in [-0.4, -0.2) is 46.8 Å². The van der Waals surface area contributed by atoms with E-state index in [0.717, 1.165) is 31.6 Å². The van der Waals surface area contributed by atoms with Gasteiger partial charge in [0.15, 0.2) is 0 Å². The van der Waals surface area contributed by atoms with Crippen molar-refractivity contribution in [3.8, 4) is 5.69 Å². The quantitative estimate of drug-likeness (QED) is 0.943. The molecule has 1 aromatic heterocycles. The maximum absolute atomic E-state index is 11.6.